The normalized spacial score (nSPS) is 8.50. The largest absolute Gasteiger partial charge is 0.464 e. The minimum absolute atomic E-state index is 0. The van der Waals surface area contributed by atoms with E-state index in [9.17, 15) is 4.79 Å². The molecule has 0 aliphatic rings. The van der Waals surface area contributed by atoms with Crippen LogP contribution in [0.3, 0.4) is 0 Å². The fourth-order valence-electron chi connectivity index (χ4n) is 0.621. The summed E-state index contributed by atoms with van der Waals surface area (Å²) in [6.07, 6.45) is 1.45. The molecule has 1 aromatic rings. The molecule has 1 heterocycles. The molecule has 1 aromatic heterocycles. The van der Waals surface area contributed by atoms with Crippen molar-refractivity contribution in [3.63, 3.8) is 0 Å². The number of hydrogen-bond donors (Lipinski definition) is 0. The van der Waals surface area contributed by atoms with Crippen LogP contribution >= 0.6 is 24.0 Å². The zero-order valence-corrected chi connectivity index (χ0v) is 7.85. The summed E-state index contributed by atoms with van der Waals surface area (Å²) in [6, 6.07) is 3.04. The van der Waals surface area contributed by atoms with Crippen molar-refractivity contribution in [1.29, 1.82) is 0 Å². The van der Waals surface area contributed by atoms with E-state index in [-0.39, 0.29) is 18.1 Å². The number of aromatic nitrogens is 1. The summed E-state index contributed by atoms with van der Waals surface area (Å²) in [5.41, 5.74) is 0.222. The number of hydrogen-bond acceptors (Lipinski definition) is 3. The average molecular weight is 208 g/mol. The van der Waals surface area contributed by atoms with E-state index in [1.54, 1.807) is 6.07 Å². The Balaban J connectivity index is 0.00000121. The van der Waals surface area contributed by atoms with Crippen molar-refractivity contribution in [1.82, 2.24) is 4.98 Å². The SMILES string of the molecule is COC(=O)c1cc(Cl)ccn1.Cl. The quantitative estimate of drug-likeness (QED) is 0.662. The fraction of sp³-hybridized carbons (Fsp3) is 0.143. The summed E-state index contributed by atoms with van der Waals surface area (Å²) >= 11 is 5.60. The molecular weight excluding hydrogens is 201 g/mol. The van der Waals surface area contributed by atoms with Crippen molar-refractivity contribution in [2.24, 2.45) is 0 Å². The number of pyridine rings is 1. The topological polar surface area (TPSA) is 39.2 Å². The molecule has 3 nitrogen and oxygen atoms in total. The third-order valence-corrected chi connectivity index (χ3v) is 1.35. The van der Waals surface area contributed by atoms with Gasteiger partial charge < -0.3 is 4.74 Å². The standard InChI is InChI=1S/C7H6ClNO2.ClH/c1-11-7(10)6-4-5(8)2-3-9-6;/h2-4H,1H3;1H. The van der Waals surface area contributed by atoms with E-state index in [0.717, 1.165) is 0 Å². The number of methoxy groups -OCH3 is 1. The monoisotopic (exact) mass is 207 g/mol. The van der Waals surface area contributed by atoms with Gasteiger partial charge in [-0.05, 0) is 12.1 Å². The Labute approximate surface area is 81.1 Å². The third kappa shape index (κ3) is 2.68. The van der Waals surface area contributed by atoms with E-state index in [0.29, 0.717) is 5.02 Å². The molecule has 0 saturated carbocycles. The van der Waals surface area contributed by atoms with Crippen molar-refractivity contribution in [3.05, 3.63) is 29.0 Å². The van der Waals surface area contributed by atoms with Crippen LogP contribution in [0.25, 0.3) is 0 Å². The average Bonchev–Trinajstić information content (AvgIpc) is 2.03. The molecule has 0 saturated heterocycles. The van der Waals surface area contributed by atoms with Gasteiger partial charge >= 0.3 is 5.97 Å². The first-order chi connectivity index (χ1) is 5.24. The molecule has 5 heteroatoms. The van der Waals surface area contributed by atoms with E-state index in [1.807, 2.05) is 0 Å². The Hall–Kier alpha value is -0.800. The summed E-state index contributed by atoms with van der Waals surface area (Å²) in [5.74, 6) is -0.479. The Morgan fingerprint density at radius 1 is 1.67 bits per heavy atom. The second kappa shape index (κ2) is 4.95. The molecule has 0 bridgehead atoms. The van der Waals surface area contributed by atoms with Crippen LogP contribution in [0, 0.1) is 0 Å². The van der Waals surface area contributed by atoms with Crippen molar-refractivity contribution < 1.29 is 9.53 Å². The Kier molecular flexibility index (Phi) is 4.62. The lowest BCUT2D eigenvalue weighted by atomic mass is 10.3. The van der Waals surface area contributed by atoms with Crippen LogP contribution in [0.2, 0.25) is 5.02 Å². The summed E-state index contributed by atoms with van der Waals surface area (Å²) in [5, 5.41) is 0.473. The molecule has 0 radical (unpaired) electrons. The van der Waals surface area contributed by atoms with Gasteiger partial charge in [0.1, 0.15) is 5.69 Å². The molecule has 0 aliphatic carbocycles. The Morgan fingerprint density at radius 3 is 2.83 bits per heavy atom. The zero-order valence-electron chi connectivity index (χ0n) is 6.28. The maximum atomic E-state index is 10.8. The molecule has 0 aromatic carbocycles. The molecule has 0 spiro atoms. The fourth-order valence-corrected chi connectivity index (χ4v) is 0.781. The van der Waals surface area contributed by atoms with Crippen LogP contribution < -0.4 is 0 Å². The smallest absolute Gasteiger partial charge is 0.356 e. The first-order valence-corrected chi connectivity index (χ1v) is 3.31. The van der Waals surface area contributed by atoms with Gasteiger partial charge in [-0.25, -0.2) is 9.78 Å². The molecule has 1 rings (SSSR count). The highest BCUT2D eigenvalue weighted by atomic mass is 35.5. The molecule has 0 atom stereocenters. The number of rotatable bonds is 1. The van der Waals surface area contributed by atoms with Crippen LogP contribution in [0.1, 0.15) is 10.5 Å². The van der Waals surface area contributed by atoms with Crippen LogP contribution in [0.5, 0.6) is 0 Å². The Morgan fingerprint density at radius 2 is 2.33 bits per heavy atom. The summed E-state index contributed by atoms with van der Waals surface area (Å²) in [7, 11) is 1.30. The lowest BCUT2D eigenvalue weighted by Crippen LogP contribution is -2.03. The number of halogens is 2. The number of nitrogens with zero attached hydrogens (tertiary/aromatic N) is 1. The maximum absolute atomic E-state index is 10.8. The molecule has 0 aliphatic heterocycles. The predicted molar refractivity (Wildman–Crippen MR) is 47.8 cm³/mol. The number of carbonyl (C=O) groups is 1. The van der Waals surface area contributed by atoms with E-state index >= 15 is 0 Å². The maximum Gasteiger partial charge on any atom is 0.356 e. The minimum atomic E-state index is -0.479. The molecule has 66 valence electrons. The van der Waals surface area contributed by atoms with E-state index in [1.165, 1.54) is 19.4 Å². The van der Waals surface area contributed by atoms with Gasteiger partial charge in [-0.15, -0.1) is 12.4 Å². The van der Waals surface area contributed by atoms with Crippen LogP contribution in [0.15, 0.2) is 18.3 Å². The van der Waals surface area contributed by atoms with E-state index < -0.39 is 5.97 Å². The van der Waals surface area contributed by atoms with Gasteiger partial charge in [-0.3, -0.25) is 0 Å². The van der Waals surface area contributed by atoms with Crippen LogP contribution in [-0.2, 0) is 4.74 Å². The van der Waals surface area contributed by atoms with Gasteiger partial charge in [-0.2, -0.15) is 0 Å². The van der Waals surface area contributed by atoms with Gasteiger partial charge in [0.25, 0.3) is 0 Å². The molecule has 12 heavy (non-hydrogen) atoms. The lowest BCUT2D eigenvalue weighted by molar-refractivity contribution is 0.0594. The minimum Gasteiger partial charge on any atom is -0.464 e. The summed E-state index contributed by atoms with van der Waals surface area (Å²) in [6.45, 7) is 0. The molecule has 0 amide bonds. The van der Waals surface area contributed by atoms with Crippen LogP contribution in [-0.4, -0.2) is 18.1 Å². The number of ether oxygens (including phenoxy) is 1. The van der Waals surface area contributed by atoms with Gasteiger partial charge in [0.15, 0.2) is 0 Å². The molecule has 0 fully saturated rings. The zero-order chi connectivity index (χ0) is 8.27. The van der Waals surface area contributed by atoms with Gasteiger partial charge in [-0.1, -0.05) is 11.6 Å². The molecule has 0 unspecified atom stereocenters. The Bertz CT molecular complexity index is 278. The van der Waals surface area contributed by atoms with Crippen molar-refractivity contribution in [2.75, 3.05) is 7.11 Å². The summed E-state index contributed by atoms with van der Waals surface area (Å²) < 4.78 is 4.43. The van der Waals surface area contributed by atoms with Crippen LogP contribution in [0.4, 0.5) is 0 Å². The third-order valence-electron chi connectivity index (χ3n) is 1.12. The lowest BCUT2D eigenvalue weighted by Gasteiger charge is -1.96. The summed E-state index contributed by atoms with van der Waals surface area (Å²) in [4.78, 5) is 14.6. The highest BCUT2D eigenvalue weighted by Gasteiger charge is 2.05. The highest BCUT2D eigenvalue weighted by molar-refractivity contribution is 6.30. The van der Waals surface area contributed by atoms with Gasteiger partial charge in [0.2, 0.25) is 0 Å². The molecular formula is C7H7Cl2NO2. The van der Waals surface area contributed by atoms with Gasteiger partial charge in [0.05, 0.1) is 7.11 Å². The second-order valence-corrected chi connectivity index (χ2v) is 2.29. The van der Waals surface area contributed by atoms with Crippen molar-refractivity contribution in [2.45, 2.75) is 0 Å². The van der Waals surface area contributed by atoms with Crippen molar-refractivity contribution in [3.8, 4) is 0 Å². The van der Waals surface area contributed by atoms with E-state index in [2.05, 4.69) is 9.72 Å². The predicted octanol–water partition coefficient (Wildman–Crippen LogP) is 1.94. The number of esters is 1. The molecule has 0 N–H and O–H groups in total. The van der Waals surface area contributed by atoms with Crippen molar-refractivity contribution >= 4 is 30.0 Å². The second-order valence-electron chi connectivity index (χ2n) is 1.85. The van der Waals surface area contributed by atoms with E-state index in [4.69, 9.17) is 11.6 Å². The number of carbonyl (C=O) groups excluding carboxylic acids is 1. The van der Waals surface area contributed by atoms with Gasteiger partial charge in [0, 0.05) is 11.2 Å². The highest BCUT2D eigenvalue weighted by Crippen LogP contribution is 2.08. The first-order valence-electron chi connectivity index (χ1n) is 2.94. The first kappa shape index (κ1) is 11.2.